The number of ketones is 1. The SMILES string of the molecule is COc1ccc(C(=O)COC(=O)c2cc(C)ccc2O)cc1Br. The molecule has 0 atom stereocenters. The van der Waals surface area contributed by atoms with Gasteiger partial charge >= 0.3 is 5.97 Å². The molecule has 0 heterocycles. The highest BCUT2D eigenvalue weighted by atomic mass is 79.9. The Labute approximate surface area is 142 Å². The minimum Gasteiger partial charge on any atom is -0.507 e. The first-order valence-electron chi connectivity index (χ1n) is 6.76. The summed E-state index contributed by atoms with van der Waals surface area (Å²) in [5.74, 6) is -0.676. The average molecular weight is 379 g/mol. The fourth-order valence-corrected chi connectivity index (χ4v) is 2.49. The number of hydrogen-bond acceptors (Lipinski definition) is 5. The van der Waals surface area contributed by atoms with Crippen LogP contribution in [0.4, 0.5) is 0 Å². The molecule has 6 heteroatoms. The third kappa shape index (κ3) is 4.10. The molecule has 0 amide bonds. The quantitative estimate of drug-likeness (QED) is 0.636. The number of aryl methyl sites for hydroxylation is 1. The molecule has 2 aromatic rings. The smallest absolute Gasteiger partial charge is 0.342 e. The summed E-state index contributed by atoms with van der Waals surface area (Å²) in [4.78, 5) is 24.0. The zero-order valence-electron chi connectivity index (χ0n) is 12.6. The lowest BCUT2D eigenvalue weighted by atomic mass is 10.1. The number of Topliss-reactive ketones (excluding diaryl/α,β-unsaturated/α-hetero) is 1. The number of esters is 1. The third-order valence-electron chi connectivity index (χ3n) is 3.18. The summed E-state index contributed by atoms with van der Waals surface area (Å²) in [6.45, 7) is 1.38. The zero-order chi connectivity index (χ0) is 17.0. The number of carbonyl (C=O) groups excluding carboxylic acids is 2. The molecule has 23 heavy (non-hydrogen) atoms. The van der Waals surface area contributed by atoms with Crippen molar-refractivity contribution in [1.29, 1.82) is 0 Å². The maximum absolute atomic E-state index is 12.1. The Morgan fingerprint density at radius 2 is 1.91 bits per heavy atom. The molecule has 1 N–H and O–H groups in total. The maximum atomic E-state index is 12.1. The Bertz CT molecular complexity index is 755. The predicted molar refractivity (Wildman–Crippen MR) is 88.2 cm³/mol. The summed E-state index contributed by atoms with van der Waals surface area (Å²) in [6.07, 6.45) is 0. The van der Waals surface area contributed by atoms with Crippen LogP contribution in [0.1, 0.15) is 26.3 Å². The second-order valence-corrected chi connectivity index (χ2v) is 5.72. The topological polar surface area (TPSA) is 72.8 Å². The van der Waals surface area contributed by atoms with E-state index in [0.29, 0.717) is 15.8 Å². The van der Waals surface area contributed by atoms with Crippen LogP contribution in [0.5, 0.6) is 11.5 Å². The minimum atomic E-state index is -0.743. The summed E-state index contributed by atoms with van der Waals surface area (Å²) >= 11 is 3.29. The van der Waals surface area contributed by atoms with Crippen LogP contribution in [0, 0.1) is 6.92 Å². The first-order valence-corrected chi connectivity index (χ1v) is 7.55. The van der Waals surface area contributed by atoms with Crippen LogP contribution >= 0.6 is 15.9 Å². The van der Waals surface area contributed by atoms with Crippen LogP contribution in [0.15, 0.2) is 40.9 Å². The van der Waals surface area contributed by atoms with Gasteiger partial charge in [0.05, 0.1) is 11.6 Å². The zero-order valence-corrected chi connectivity index (χ0v) is 14.2. The minimum absolute atomic E-state index is 0.0358. The molecule has 0 spiro atoms. The van der Waals surface area contributed by atoms with Crippen molar-refractivity contribution < 1.29 is 24.2 Å². The molecule has 0 unspecified atom stereocenters. The second kappa shape index (κ2) is 7.28. The molecule has 5 nitrogen and oxygen atoms in total. The number of aromatic hydroxyl groups is 1. The van der Waals surface area contributed by atoms with Gasteiger partial charge in [-0.05, 0) is 53.2 Å². The summed E-state index contributed by atoms with van der Waals surface area (Å²) in [7, 11) is 1.53. The van der Waals surface area contributed by atoms with Crippen LogP contribution in [-0.2, 0) is 4.74 Å². The van der Waals surface area contributed by atoms with E-state index >= 15 is 0 Å². The van der Waals surface area contributed by atoms with Gasteiger partial charge < -0.3 is 14.6 Å². The molecule has 0 bridgehead atoms. The van der Waals surface area contributed by atoms with Gasteiger partial charge in [-0.3, -0.25) is 4.79 Å². The number of phenolic OH excluding ortho intramolecular Hbond substituents is 1. The van der Waals surface area contributed by atoms with Gasteiger partial charge in [0.1, 0.15) is 17.1 Å². The van der Waals surface area contributed by atoms with Crippen molar-refractivity contribution in [3.63, 3.8) is 0 Å². The first-order chi connectivity index (χ1) is 10.9. The highest BCUT2D eigenvalue weighted by molar-refractivity contribution is 9.10. The van der Waals surface area contributed by atoms with E-state index in [0.717, 1.165) is 5.56 Å². The van der Waals surface area contributed by atoms with Gasteiger partial charge in [-0.15, -0.1) is 0 Å². The van der Waals surface area contributed by atoms with Crippen molar-refractivity contribution in [3.8, 4) is 11.5 Å². The number of phenols is 1. The predicted octanol–water partition coefficient (Wildman–Crippen LogP) is 3.51. The maximum Gasteiger partial charge on any atom is 0.342 e. The molecule has 0 aliphatic heterocycles. The van der Waals surface area contributed by atoms with Crippen molar-refractivity contribution in [1.82, 2.24) is 0 Å². The molecule has 2 aromatic carbocycles. The van der Waals surface area contributed by atoms with Crippen molar-refractivity contribution in [2.75, 3.05) is 13.7 Å². The van der Waals surface area contributed by atoms with Crippen LogP contribution in [0.3, 0.4) is 0 Å². The van der Waals surface area contributed by atoms with E-state index in [1.165, 1.54) is 19.2 Å². The normalized spacial score (nSPS) is 10.2. The molecular formula is C17H15BrO5. The molecule has 0 aliphatic carbocycles. The number of hydrogen-bond donors (Lipinski definition) is 1. The lowest BCUT2D eigenvalue weighted by molar-refractivity contribution is 0.0471. The van der Waals surface area contributed by atoms with Crippen molar-refractivity contribution in [2.45, 2.75) is 6.92 Å². The van der Waals surface area contributed by atoms with E-state index in [4.69, 9.17) is 9.47 Å². The molecule has 0 aromatic heterocycles. The average Bonchev–Trinajstić information content (AvgIpc) is 2.54. The molecular weight excluding hydrogens is 364 g/mol. The van der Waals surface area contributed by atoms with Gasteiger partial charge in [-0.25, -0.2) is 4.79 Å². The largest absolute Gasteiger partial charge is 0.507 e. The van der Waals surface area contributed by atoms with Gasteiger partial charge in [0.15, 0.2) is 12.4 Å². The fourth-order valence-electron chi connectivity index (χ4n) is 1.95. The van der Waals surface area contributed by atoms with E-state index in [1.807, 2.05) is 0 Å². The Morgan fingerprint density at radius 1 is 1.17 bits per heavy atom. The van der Waals surface area contributed by atoms with Gasteiger partial charge in [-0.1, -0.05) is 11.6 Å². The van der Waals surface area contributed by atoms with Crippen molar-refractivity contribution in [3.05, 3.63) is 57.6 Å². The fraction of sp³-hybridized carbons (Fsp3) is 0.176. The Hall–Kier alpha value is -2.34. The number of benzene rings is 2. The van der Waals surface area contributed by atoms with E-state index in [-0.39, 0.29) is 17.1 Å². The monoisotopic (exact) mass is 378 g/mol. The van der Waals surface area contributed by atoms with Gasteiger partial charge in [0.2, 0.25) is 0 Å². The standard InChI is InChI=1S/C17H15BrO5/c1-10-3-5-14(19)12(7-10)17(21)23-9-15(20)11-4-6-16(22-2)13(18)8-11/h3-8,19H,9H2,1-2H3. The lowest BCUT2D eigenvalue weighted by Crippen LogP contribution is -2.14. The van der Waals surface area contributed by atoms with Crippen LogP contribution in [0.2, 0.25) is 0 Å². The molecule has 0 aliphatic rings. The molecule has 0 fully saturated rings. The molecule has 0 saturated heterocycles. The van der Waals surface area contributed by atoms with Crippen molar-refractivity contribution >= 4 is 27.7 Å². The summed E-state index contributed by atoms with van der Waals surface area (Å²) in [5, 5.41) is 9.68. The molecule has 0 saturated carbocycles. The highest BCUT2D eigenvalue weighted by Crippen LogP contribution is 2.26. The Kier molecular flexibility index (Phi) is 5.39. The molecule has 2 rings (SSSR count). The summed E-state index contributed by atoms with van der Waals surface area (Å²) < 4.78 is 10.7. The van der Waals surface area contributed by atoms with Gasteiger partial charge in [0.25, 0.3) is 0 Å². The number of ether oxygens (including phenoxy) is 2. The molecule has 0 radical (unpaired) electrons. The second-order valence-electron chi connectivity index (χ2n) is 4.87. The number of halogens is 1. The van der Waals surface area contributed by atoms with Crippen molar-refractivity contribution in [2.24, 2.45) is 0 Å². The van der Waals surface area contributed by atoms with E-state index < -0.39 is 12.6 Å². The third-order valence-corrected chi connectivity index (χ3v) is 3.80. The van der Waals surface area contributed by atoms with Gasteiger partial charge in [0, 0.05) is 5.56 Å². The Balaban J connectivity index is 2.05. The van der Waals surface area contributed by atoms with Gasteiger partial charge in [-0.2, -0.15) is 0 Å². The van der Waals surface area contributed by atoms with Crippen LogP contribution in [-0.4, -0.2) is 30.6 Å². The van der Waals surface area contributed by atoms with E-state index in [2.05, 4.69) is 15.9 Å². The molecule has 120 valence electrons. The lowest BCUT2D eigenvalue weighted by Gasteiger charge is -2.08. The van der Waals surface area contributed by atoms with E-state index in [1.54, 1.807) is 31.2 Å². The number of methoxy groups -OCH3 is 1. The number of carbonyl (C=O) groups is 2. The highest BCUT2D eigenvalue weighted by Gasteiger charge is 2.16. The summed E-state index contributed by atoms with van der Waals surface area (Å²) in [5.41, 5.74) is 1.23. The van der Waals surface area contributed by atoms with Crippen LogP contribution < -0.4 is 4.74 Å². The van der Waals surface area contributed by atoms with Crippen LogP contribution in [0.25, 0.3) is 0 Å². The number of rotatable bonds is 5. The Morgan fingerprint density at radius 3 is 2.57 bits per heavy atom. The first kappa shape index (κ1) is 17.0. The summed E-state index contributed by atoms with van der Waals surface area (Å²) in [6, 6.07) is 9.42. The van der Waals surface area contributed by atoms with E-state index in [9.17, 15) is 14.7 Å².